The van der Waals surface area contributed by atoms with E-state index in [1.807, 2.05) is 39.0 Å². The summed E-state index contributed by atoms with van der Waals surface area (Å²) in [6.45, 7) is 5.88. The van der Waals surface area contributed by atoms with Crippen molar-refractivity contribution in [2.24, 2.45) is 4.99 Å². The predicted molar refractivity (Wildman–Crippen MR) is 114 cm³/mol. The number of aromatic nitrogens is 1. The number of aromatic amines is 1. The molecule has 1 amide bonds. The van der Waals surface area contributed by atoms with Crippen LogP contribution >= 0.6 is 0 Å². The topological polar surface area (TPSA) is 69.3 Å². The van der Waals surface area contributed by atoms with Crippen LogP contribution < -0.4 is 10.6 Å². The Morgan fingerprint density at radius 3 is 2.60 bits per heavy atom. The summed E-state index contributed by atoms with van der Waals surface area (Å²) in [5.41, 5.74) is 2.69. The second-order valence-electron chi connectivity index (χ2n) is 7.83. The lowest BCUT2D eigenvalue weighted by Crippen LogP contribution is -2.38. The van der Waals surface area contributed by atoms with Gasteiger partial charge in [0, 0.05) is 23.6 Å². The molecule has 0 fully saturated rings. The van der Waals surface area contributed by atoms with Gasteiger partial charge in [0.25, 0.3) is 5.91 Å². The number of carbonyl (C=O) groups is 1. The number of H-pyrrole nitrogens is 1. The first-order valence-electron chi connectivity index (χ1n) is 9.62. The van der Waals surface area contributed by atoms with Crippen LogP contribution in [0.3, 0.4) is 0 Å². The van der Waals surface area contributed by atoms with Crippen molar-refractivity contribution in [2.45, 2.75) is 32.9 Å². The van der Waals surface area contributed by atoms with Gasteiger partial charge >= 0.3 is 0 Å². The maximum Gasteiger partial charge on any atom is 0.251 e. The molecule has 0 atom stereocenters. The van der Waals surface area contributed by atoms with Crippen LogP contribution in [0.4, 0.5) is 8.78 Å². The fourth-order valence-electron chi connectivity index (χ4n) is 3.66. The molecule has 30 heavy (non-hydrogen) atoms. The van der Waals surface area contributed by atoms with Gasteiger partial charge in [0.05, 0.1) is 28.7 Å². The van der Waals surface area contributed by atoms with Gasteiger partial charge in [0.15, 0.2) is 0 Å². The smallest absolute Gasteiger partial charge is 0.251 e. The highest BCUT2D eigenvalue weighted by Crippen LogP contribution is 2.33. The molecule has 154 valence electrons. The van der Waals surface area contributed by atoms with Gasteiger partial charge in [-0.25, -0.2) is 8.78 Å². The first kappa shape index (κ1) is 19.8. The molecule has 0 saturated heterocycles. The van der Waals surface area contributed by atoms with Crippen molar-refractivity contribution in [3.8, 4) is 11.3 Å². The number of aryl methyl sites for hydroxylation is 1. The Morgan fingerprint density at radius 1 is 1.17 bits per heavy atom. The van der Waals surface area contributed by atoms with E-state index < -0.39 is 17.2 Å². The number of benzene rings is 2. The second kappa shape index (κ2) is 7.40. The standard InChI is InChI=1S/C23H22F2N4O/c1-13-15-9-14(10-27-22(30)16-11-26-12-28-23(16,2)3)7-8-19(15)29-21(13)20-17(24)5-4-6-18(20)25/h4-9,11-12,29H,10H2,1-3H3,(H,26,28)(H,27,30). The second-order valence-corrected chi connectivity index (χ2v) is 7.83. The van der Waals surface area contributed by atoms with Crippen LogP contribution in [0.5, 0.6) is 0 Å². The normalized spacial score (nSPS) is 15.0. The van der Waals surface area contributed by atoms with E-state index in [1.165, 1.54) is 18.2 Å². The maximum absolute atomic E-state index is 14.2. The van der Waals surface area contributed by atoms with Crippen molar-refractivity contribution in [3.05, 3.63) is 70.9 Å². The minimum Gasteiger partial charge on any atom is -0.354 e. The maximum atomic E-state index is 14.2. The highest BCUT2D eigenvalue weighted by molar-refractivity contribution is 5.97. The van der Waals surface area contributed by atoms with E-state index in [4.69, 9.17) is 0 Å². The molecule has 0 bridgehead atoms. The zero-order chi connectivity index (χ0) is 21.5. The number of nitrogens with one attached hydrogen (secondary N) is 3. The molecular weight excluding hydrogens is 386 g/mol. The molecule has 0 spiro atoms. The summed E-state index contributed by atoms with van der Waals surface area (Å²) in [6, 6.07) is 9.46. The minimum atomic E-state index is -0.614. The molecule has 0 radical (unpaired) electrons. The third kappa shape index (κ3) is 3.47. The number of hydrogen-bond donors (Lipinski definition) is 3. The van der Waals surface area contributed by atoms with Crippen molar-refractivity contribution >= 4 is 23.1 Å². The molecule has 2 aromatic carbocycles. The number of hydrogen-bond acceptors (Lipinski definition) is 3. The number of amides is 1. The van der Waals surface area contributed by atoms with Gasteiger partial charge in [-0.2, -0.15) is 0 Å². The Bertz CT molecular complexity index is 1190. The van der Waals surface area contributed by atoms with E-state index in [2.05, 4.69) is 20.6 Å². The number of nitrogens with zero attached hydrogens (tertiary/aromatic N) is 1. The molecule has 7 heteroatoms. The van der Waals surface area contributed by atoms with Gasteiger partial charge in [0.1, 0.15) is 11.6 Å². The van der Waals surface area contributed by atoms with Crippen molar-refractivity contribution in [1.82, 2.24) is 15.6 Å². The van der Waals surface area contributed by atoms with Gasteiger partial charge < -0.3 is 15.6 Å². The quantitative estimate of drug-likeness (QED) is 0.601. The third-order valence-electron chi connectivity index (χ3n) is 5.38. The molecule has 1 aliphatic rings. The molecule has 3 N–H and O–H groups in total. The van der Waals surface area contributed by atoms with Crippen LogP contribution in [0, 0.1) is 18.6 Å². The monoisotopic (exact) mass is 408 g/mol. The molecule has 1 aliphatic heterocycles. The van der Waals surface area contributed by atoms with Crippen LogP contribution in [0.2, 0.25) is 0 Å². The number of fused-ring (bicyclic) bond motifs is 1. The SMILES string of the molecule is Cc1c(-c2c(F)cccc2F)[nH]c2ccc(CNC(=O)C3=CNC=NC3(C)C)cc12. The zero-order valence-corrected chi connectivity index (χ0v) is 16.9. The lowest BCUT2D eigenvalue weighted by Gasteiger charge is -2.25. The fraction of sp³-hybridized carbons (Fsp3) is 0.217. The first-order chi connectivity index (χ1) is 14.3. The van der Waals surface area contributed by atoms with Crippen LogP contribution in [0.25, 0.3) is 22.2 Å². The summed E-state index contributed by atoms with van der Waals surface area (Å²) >= 11 is 0. The van der Waals surface area contributed by atoms with Crippen molar-refractivity contribution in [2.75, 3.05) is 0 Å². The first-order valence-corrected chi connectivity index (χ1v) is 9.62. The Morgan fingerprint density at radius 2 is 1.90 bits per heavy atom. The zero-order valence-electron chi connectivity index (χ0n) is 16.9. The van der Waals surface area contributed by atoms with Gasteiger partial charge in [-0.1, -0.05) is 12.1 Å². The van der Waals surface area contributed by atoms with Gasteiger partial charge in [-0.15, -0.1) is 0 Å². The van der Waals surface area contributed by atoms with Gasteiger partial charge in [-0.05, 0) is 56.2 Å². The van der Waals surface area contributed by atoms with Crippen LogP contribution in [-0.4, -0.2) is 22.8 Å². The average molecular weight is 408 g/mol. The summed E-state index contributed by atoms with van der Waals surface area (Å²) in [7, 11) is 0. The van der Waals surface area contributed by atoms with E-state index in [-0.39, 0.29) is 11.5 Å². The van der Waals surface area contributed by atoms with E-state index in [0.717, 1.165) is 22.0 Å². The largest absolute Gasteiger partial charge is 0.354 e. The van der Waals surface area contributed by atoms with Crippen molar-refractivity contribution < 1.29 is 13.6 Å². The van der Waals surface area contributed by atoms with Gasteiger partial charge in [-0.3, -0.25) is 9.79 Å². The van der Waals surface area contributed by atoms with Gasteiger partial charge in [0.2, 0.25) is 0 Å². The summed E-state index contributed by atoms with van der Waals surface area (Å²) < 4.78 is 28.5. The molecular formula is C23H22F2N4O. The molecule has 0 aliphatic carbocycles. The Labute approximate surface area is 172 Å². The van der Waals surface area contributed by atoms with Crippen molar-refractivity contribution in [1.29, 1.82) is 0 Å². The van der Waals surface area contributed by atoms with E-state index in [9.17, 15) is 13.6 Å². The Hall–Kier alpha value is -3.48. The molecule has 0 unspecified atom stereocenters. The molecule has 2 heterocycles. The lowest BCUT2D eigenvalue weighted by atomic mass is 9.94. The highest BCUT2D eigenvalue weighted by Gasteiger charge is 2.29. The Balaban J connectivity index is 1.59. The van der Waals surface area contributed by atoms with Crippen molar-refractivity contribution in [3.63, 3.8) is 0 Å². The highest BCUT2D eigenvalue weighted by atomic mass is 19.1. The minimum absolute atomic E-state index is 0.0689. The predicted octanol–water partition coefficient (Wildman–Crippen LogP) is 4.33. The van der Waals surface area contributed by atoms with Crippen LogP contribution in [-0.2, 0) is 11.3 Å². The summed E-state index contributed by atoms with van der Waals surface area (Å²) in [4.78, 5) is 20.0. The lowest BCUT2D eigenvalue weighted by molar-refractivity contribution is -0.118. The number of rotatable bonds is 4. The third-order valence-corrected chi connectivity index (χ3v) is 5.38. The fourth-order valence-corrected chi connectivity index (χ4v) is 3.66. The number of aliphatic imine (C=N–C) groups is 1. The number of carbonyl (C=O) groups excluding carboxylic acids is 1. The van der Waals surface area contributed by atoms with E-state index >= 15 is 0 Å². The molecule has 0 saturated carbocycles. The van der Waals surface area contributed by atoms with E-state index in [0.29, 0.717) is 17.8 Å². The Kier molecular flexibility index (Phi) is 4.89. The van der Waals surface area contributed by atoms with Crippen LogP contribution in [0.1, 0.15) is 25.0 Å². The molecule has 1 aromatic heterocycles. The van der Waals surface area contributed by atoms with E-state index in [1.54, 1.807) is 12.5 Å². The summed E-state index contributed by atoms with van der Waals surface area (Å²) in [6.07, 6.45) is 3.21. The summed E-state index contributed by atoms with van der Waals surface area (Å²) in [5.74, 6) is -1.43. The molecule has 5 nitrogen and oxygen atoms in total. The van der Waals surface area contributed by atoms with Crippen LogP contribution in [0.15, 0.2) is 53.2 Å². The molecule has 4 rings (SSSR count). The number of halogens is 2. The summed E-state index contributed by atoms with van der Waals surface area (Å²) in [5, 5.41) is 6.61. The average Bonchev–Trinajstić information content (AvgIpc) is 3.02. The molecule has 3 aromatic rings.